The second-order valence-corrected chi connectivity index (χ2v) is 4.70. The minimum absolute atomic E-state index is 0.112. The van der Waals surface area contributed by atoms with E-state index < -0.39 is 11.7 Å². The van der Waals surface area contributed by atoms with Gasteiger partial charge in [-0.05, 0) is 25.1 Å². The van der Waals surface area contributed by atoms with Crippen molar-refractivity contribution in [2.24, 2.45) is 0 Å². The molecule has 1 unspecified atom stereocenters. The number of benzene rings is 1. The number of alkyl halides is 3. The molecule has 0 aliphatic carbocycles. The smallest absolute Gasteiger partial charge is 0.416 e. The highest BCUT2D eigenvalue weighted by Crippen LogP contribution is 2.44. The highest BCUT2D eigenvalue weighted by molar-refractivity contribution is 5.47. The summed E-state index contributed by atoms with van der Waals surface area (Å²) in [5, 5.41) is 3.24. The summed E-state index contributed by atoms with van der Waals surface area (Å²) in [6.45, 7) is 2.16. The monoisotopic (exact) mass is 243 g/mol. The summed E-state index contributed by atoms with van der Waals surface area (Å²) in [6.07, 6.45) is -3.38. The quantitative estimate of drug-likeness (QED) is 0.755. The maximum absolute atomic E-state index is 12.6. The Bertz CT molecular complexity index is 450. The summed E-state index contributed by atoms with van der Waals surface area (Å²) in [4.78, 5) is 0. The normalized spacial score (nSPS) is 27.2. The molecule has 1 spiro atoms. The number of rotatable bonds is 0. The highest BCUT2D eigenvalue weighted by atomic mass is 19.4. The number of halogens is 3. The third-order valence-corrected chi connectivity index (χ3v) is 3.63. The molecule has 2 aliphatic heterocycles. The molecular formula is C12H12F3NO. The summed E-state index contributed by atoms with van der Waals surface area (Å²) in [6, 6.07) is 3.83. The van der Waals surface area contributed by atoms with E-state index in [9.17, 15) is 13.2 Å². The largest absolute Gasteiger partial charge is 0.492 e. The molecule has 17 heavy (non-hydrogen) atoms. The molecule has 5 heteroatoms. The summed E-state index contributed by atoms with van der Waals surface area (Å²) >= 11 is 0. The van der Waals surface area contributed by atoms with E-state index in [1.165, 1.54) is 0 Å². The Morgan fingerprint density at radius 2 is 2.12 bits per heavy atom. The summed E-state index contributed by atoms with van der Waals surface area (Å²) in [7, 11) is 0. The Morgan fingerprint density at radius 1 is 1.29 bits per heavy atom. The highest BCUT2D eigenvalue weighted by Gasteiger charge is 2.44. The van der Waals surface area contributed by atoms with Gasteiger partial charge in [-0.1, -0.05) is 6.07 Å². The first-order valence-electron chi connectivity index (χ1n) is 5.57. The molecular weight excluding hydrogens is 231 g/mol. The lowest BCUT2D eigenvalue weighted by Crippen LogP contribution is -2.30. The fraction of sp³-hybridized carbons (Fsp3) is 0.500. The molecule has 1 aromatic carbocycles. The van der Waals surface area contributed by atoms with Gasteiger partial charge >= 0.3 is 6.18 Å². The zero-order chi connectivity index (χ0) is 12.1. The Morgan fingerprint density at radius 3 is 2.76 bits per heavy atom. The van der Waals surface area contributed by atoms with Crippen molar-refractivity contribution in [3.8, 4) is 5.75 Å². The predicted octanol–water partition coefficient (Wildman–Crippen LogP) is 2.33. The number of ether oxygens (including phenoxy) is 1. The lowest BCUT2D eigenvalue weighted by atomic mass is 9.81. The van der Waals surface area contributed by atoms with Crippen LogP contribution in [0.15, 0.2) is 18.2 Å². The Hall–Kier alpha value is -1.23. The molecule has 1 saturated heterocycles. The molecule has 0 amide bonds. The van der Waals surface area contributed by atoms with Crippen LogP contribution < -0.4 is 10.1 Å². The zero-order valence-electron chi connectivity index (χ0n) is 9.10. The van der Waals surface area contributed by atoms with Crippen LogP contribution in [0.25, 0.3) is 0 Å². The third kappa shape index (κ3) is 1.60. The van der Waals surface area contributed by atoms with Crippen LogP contribution in [0, 0.1) is 0 Å². The van der Waals surface area contributed by atoms with Crippen molar-refractivity contribution in [1.82, 2.24) is 5.32 Å². The minimum atomic E-state index is -4.30. The van der Waals surface area contributed by atoms with Gasteiger partial charge < -0.3 is 10.1 Å². The number of nitrogens with one attached hydrogen (secondary N) is 1. The molecule has 2 nitrogen and oxygen atoms in total. The van der Waals surface area contributed by atoms with Crippen molar-refractivity contribution in [2.75, 3.05) is 19.7 Å². The molecule has 0 radical (unpaired) electrons. The van der Waals surface area contributed by atoms with Gasteiger partial charge in [-0.15, -0.1) is 0 Å². The van der Waals surface area contributed by atoms with Gasteiger partial charge in [0.05, 0.1) is 12.2 Å². The van der Waals surface area contributed by atoms with Crippen molar-refractivity contribution in [3.05, 3.63) is 29.3 Å². The van der Waals surface area contributed by atoms with Crippen molar-refractivity contribution < 1.29 is 17.9 Å². The maximum atomic E-state index is 12.6. The van der Waals surface area contributed by atoms with Crippen molar-refractivity contribution in [2.45, 2.75) is 18.0 Å². The van der Waals surface area contributed by atoms with Crippen LogP contribution >= 0.6 is 0 Å². The van der Waals surface area contributed by atoms with Gasteiger partial charge in [-0.25, -0.2) is 0 Å². The molecule has 1 aromatic rings. The van der Waals surface area contributed by atoms with Gasteiger partial charge in [-0.3, -0.25) is 0 Å². The van der Waals surface area contributed by atoms with Crippen molar-refractivity contribution in [3.63, 3.8) is 0 Å². The van der Waals surface area contributed by atoms with Crippen LogP contribution in [0.3, 0.4) is 0 Å². The van der Waals surface area contributed by atoms with Gasteiger partial charge in [0.15, 0.2) is 0 Å². The Kier molecular flexibility index (Phi) is 2.17. The lowest BCUT2D eigenvalue weighted by molar-refractivity contribution is -0.137. The fourth-order valence-corrected chi connectivity index (χ4v) is 2.65. The van der Waals surface area contributed by atoms with Crippen molar-refractivity contribution in [1.29, 1.82) is 0 Å². The minimum Gasteiger partial charge on any atom is -0.492 e. The van der Waals surface area contributed by atoms with E-state index in [1.807, 2.05) is 0 Å². The second kappa shape index (κ2) is 3.38. The Labute approximate surface area is 96.8 Å². The number of hydrogen-bond acceptors (Lipinski definition) is 2. The van der Waals surface area contributed by atoms with E-state index in [-0.39, 0.29) is 5.41 Å². The molecule has 1 N–H and O–H groups in total. The van der Waals surface area contributed by atoms with Gasteiger partial charge in [0, 0.05) is 17.5 Å². The molecule has 0 saturated carbocycles. The van der Waals surface area contributed by atoms with Crippen LogP contribution in [0.4, 0.5) is 13.2 Å². The molecule has 1 atom stereocenters. The fourth-order valence-electron chi connectivity index (χ4n) is 2.65. The number of fused-ring (bicyclic) bond motifs is 2. The molecule has 2 aliphatic rings. The van der Waals surface area contributed by atoms with Crippen LogP contribution in [0.2, 0.25) is 0 Å². The van der Waals surface area contributed by atoms with Gasteiger partial charge in [0.2, 0.25) is 0 Å². The molecule has 0 bridgehead atoms. The van der Waals surface area contributed by atoms with E-state index >= 15 is 0 Å². The van der Waals surface area contributed by atoms with E-state index in [4.69, 9.17) is 4.74 Å². The molecule has 2 heterocycles. The van der Waals surface area contributed by atoms with Crippen LogP contribution in [-0.4, -0.2) is 19.7 Å². The zero-order valence-corrected chi connectivity index (χ0v) is 9.10. The second-order valence-electron chi connectivity index (χ2n) is 4.70. The van der Waals surface area contributed by atoms with E-state index in [0.717, 1.165) is 37.2 Å². The maximum Gasteiger partial charge on any atom is 0.416 e. The Balaban J connectivity index is 2.02. The van der Waals surface area contributed by atoms with E-state index in [1.54, 1.807) is 6.07 Å². The predicted molar refractivity (Wildman–Crippen MR) is 56.1 cm³/mol. The molecule has 0 aromatic heterocycles. The van der Waals surface area contributed by atoms with Crippen LogP contribution in [-0.2, 0) is 11.6 Å². The summed E-state index contributed by atoms with van der Waals surface area (Å²) in [5.74, 6) is 0.392. The molecule has 1 fully saturated rings. The summed E-state index contributed by atoms with van der Waals surface area (Å²) < 4.78 is 43.1. The first-order chi connectivity index (χ1) is 8.01. The van der Waals surface area contributed by atoms with E-state index in [2.05, 4.69) is 5.32 Å². The summed E-state index contributed by atoms with van der Waals surface area (Å²) in [5.41, 5.74) is 0.161. The number of hydrogen-bond donors (Lipinski definition) is 1. The standard InChI is InChI=1S/C12H12F3NO/c13-12(14,15)8-1-2-9-10(5-8)17-7-11(9)3-4-16-6-11/h1-2,5,16H,3-4,6-7H2. The first kappa shape index (κ1) is 10.9. The van der Waals surface area contributed by atoms with Crippen LogP contribution in [0.1, 0.15) is 17.5 Å². The molecule has 3 rings (SSSR count). The molecule has 92 valence electrons. The first-order valence-corrected chi connectivity index (χ1v) is 5.57. The average molecular weight is 243 g/mol. The van der Waals surface area contributed by atoms with E-state index in [0.29, 0.717) is 12.4 Å². The van der Waals surface area contributed by atoms with Crippen molar-refractivity contribution >= 4 is 0 Å². The van der Waals surface area contributed by atoms with Gasteiger partial charge in [0.1, 0.15) is 5.75 Å². The average Bonchev–Trinajstić information content (AvgIpc) is 2.87. The van der Waals surface area contributed by atoms with Crippen LogP contribution in [0.5, 0.6) is 5.75 Å². The van der Waals surface area contributed by atoms with Gasteiger partial charge in [0.25, 0.3) is 0 Å². The topological polar surface area (TPSA) is 21.3 Å². The van der Waals surface area contributed by atoms with Gasteiger partial charge in [-0.2, -0.15) is 13.2 Å². The lowest BCUT2D eigenvalue weighted by Gasteiger charge is -2.20. The third-order valence-electron chi connectivity index (χ3n) is 3.63. The SMILES string of the molecule is FC(F)(F)c1ccc2c(c1)OCC21CCNC1.